The van der Waals surface area contributed by atoms with E-state index in [0.29, 0.717) is 12.2 Å². The minimum atomic E-state index is -0.648. The number of hydrogen-bond donors (Lipinski definition) is 2. The molecule has 4 nitrogen and oxygen atoms in total. The number of anilines is 1. The van der Waals surface area contributed by atoms with Crippen molar-refractivity contribution in [2.45, 2.75) is 19.4 Å². The van der Waals surface area contributed by atoms with Crippen LogP contribution in [-0.4, -0.2) is 22.6 Å². The maximum absolute atomic E-state index is 12.5. The van der Waals surface area contributed by atoms with Gasteiger partial charge in [-0.05, 0) is 25.5 Å². The monoisotopic (exact) mass is 316 g/mol. The fourth-order valence-corrected chi connectivity index (χ4v) is 3.30. The lowest BCUT2D eigenvalue weighted by atomic mass is 9.80. The summed E-state index contributed by atoms with van der Waals surface area (Å²) >= 11 is 6.11. The van der Waals surface area contributed by atoms with Gasteiger partial charge in [-0.1, -0.05) is 41.9 Å². The Morgan fingerprint density at radius 2 is 1.95 bits per heavy atom. The molecular weight excluding hydrogens is 300 g/mol. The highest BCUT2D eigenvalue weighted by Gasteiger charge is 2.43. The van der Waals surface area contributed by atoms with E-state index in [1.165, 1.54) is 6.07 Å². The van der Waals surface area contributed by atoms with Crippen molar-refractivity contribution in [3.63, 3.8) is 0 Å². The zero-order chi connectivity index (χ0) is 15.9. The molecule has 0 unspecified atom stereocenters. The number of urea groups is 1. The average Bonchev–Trinajstić information content (AvgIpc) is 2.51. The number of hydrogen-bond acceptors (Lipinski definition) is 2. The molecule has 2 aromatic rings. The second kappa shape index (κ2) is 5.21. The van der Waals surface area contributed by atoms with Crippen molar-refractivity contribution in [3.8, 4) is 5.75 Å². The van der Waals surface area contributed by atoms with Crippen LogP contribution in [0, 0.1) is 0 Å². The quantitative estimate of drug-likeness (QED) is 0.873. The first-order valence-electron chi connectivity index (χ1n) is 7.15. The Bertz CT molecular complexity index is 733. The summed E-state index contributed by atoms with van der Waals surface area (Å²) in [5.41, 5.74) is 1.80. The summed E-state index contributed by atoms with van der Waals surface area (Å²) in [4.78, 5) is 14.2. The van der Waals surface area contributed by atoms with Crippen molar-refractivity contribution < 1.29 is 9.90 Å². The molecule has 3 rings (SSSR count). The fourth-order valence-electron chi connectivity index (χ4n) is 3.13. The normalized spacial score (nSPS) is 20.5. The molecule has 5 heteroatoms. The molecule has 114 valence electrons. The van der Waals surface area contributed by atoms with Crippen LogP contribution in [0.25, 0.3) is 0 Å². The van der Waals surface area contributed by atoms with E-state index < -0.39 is 5.54 Å². The second-order valence-electron chi connectivity index (χ2n) is 5.46. The first kappa shape index (κ1) is 14.7. The zero-order valence-corrected chi connectivity index (χ0v) is 13.2. The molecule has 0 bridgehead atoms. The van der Waals surface area contributed by atoms with Crippen molar-refractivity contribution in [2.24, 2.45) is 0 Å². The van der Waals surface area contributed by atoms with Gasteiger partial charge in [0.2, 0.25) is 0 Å². The maximum atomic E-state index is 12.5. The molecular formula is C17H17ClN2O2. The van der Waals surface area contributed by atoms with Gasteiger partial charge in [0.15, 0.2) is 0 Å². The number of nitrogens with zero attached hydrogens (tertiary/aromatic N) is 1. The van der Waals surface area contributed by atoms with Gasteiger partial charge in [-0.25, -0.2) is 4.79 Å². The van der Waals surface area contributed by atoms with Gasteiger partial charge in [-0.2, -0.15) is 0 Å². The van der Waals surface area contributed by atoms with Crippen molar-refractivity contribution in [1.29, 1.82) is 0 Å². The van der Waals surface area contributed by atoms with Gasteiger partial charge in [0.1, 0.15) is 5.75 Å². The smallest absolute Gasteiger partial charge is 0.322 e. The van der Waals surface area contributed by atoms with Crippen LogP contribution in [0.15, 0.2) is 42.5 Å². The number of aromatic hydroxyl groups is 1. The Morgan fingerprint density at radius 1 is 1.27 bits per heavy atom. The summed E-state index contributed by atoms with van der Waals surface area (Å²) in [5.74, 6) is -0.0407. The third-order valence-corrected chi connectivity index (χ3v) is 4.59. The Morgan fingerprint density at radius 3 is 2.59 bits per heavy atom. The summed E-state index contributed by atoms with van der Waals surface area (Å²) in [5, 5.41) is 12.9. The van der Waals surface area contributed by atoms with Crippen LogP contribution in [0.1, 0.15) is 25.0 Å². The topological polar surface area (TPSA) is 52.6 Å². The van der Waals surface area contributed by atoms with E-state index >= 15 is 0 Å². The van der Waals surface area contributed by atoms with E-state index in [0.717, 1.165) is 11.1 Å². The predicted molar refractivity (Wildman–Crippen MR) is 87.4 cm³/mol. The summed E-state index contributed by atoms with van der Waals surface area (Å²) < 4.78 is 0. The van der Waals surface area contributed by atoms with Gasteiger partial charge in [0, 0.05) is 18.2 Å². The number of rotatable bonds is 2. The average molecular weight is 317 g/mol. The second-order valence-corrected chi connectivity index (χ2v) is 5.87. The van der Waals surface area contributed by atoms with Gasteiger partial charge in [-0.15, -0.1) is 0 Å². The first-order valence-corrected chi connectivity index (χ1v) is 7.53. The van der Waals surface area contributed by atoms with Gasteiger partial charge in [0.25, 0.3) is 0 Å². The van der Waals surface area contributed by atoms with E-state index in [1.54, 1.807) is 11.0 Å². The van der Waals surface area contributed by atoms with E-state index in [-0.39, 0.29) is 16.8 Å². The lowest BCUT2D eigenvalue weighted by Crippen LogP contribution is -2.53. The molecule has 22 heavy (non-hydrogen) atoms. The number of halogens is 1. The molecule has 1 heterocycles. The van der Waals surface area contributed by atoms with E-state index in [1.807, 2.05) is 44.2 Å². The van der Waals surface area contributed by atoms with Gasteiger partial charge < -0.3 is 15.3 Å². The molecule has 1 aliphatic rings. The Hall–Kier alpha value is -2.20. The highest BCUT2D eigenvalue weighted by molar-refractivity contribution is 6.32. The number of fused-ring (bicyclic) bond motifs is 1. The lowest BCUT2D eigenvalue weighted by molar-refractivity contribution is 0.158. The predicted octanol–water partition coefficient (Wildman–Crippen LogP) is 4.18. The van der Waals surface area contributed by atoms with Crippen LogP contribution >= 0.6 is 11.6 Å². The van der Waals surface area contributed by atoms with Crippen LogP contribution in [0.2, 0.25) is 5.02 Å². The van der Waals surface area contributed by atoms with Crippen molar-refractivity contribution in [1.82, 2.24) is 4.90 Å². The van der Waals surface area contributed by atoms with E-state index in [9.17, 15) is 9.90 Å². The van der Waals surface area contributed by atoms with Crippen molar-refractivity contribution in [3.05, 3.63) is 58.6 Å². The highest BCUT2D eigenvalue weighted by atomic mass is 35.5. The van der Waals surface area contributed by atoms with E-state index in [4.69, 9.17) is 11.6 Å². The highest BCUT2D eigenvalue weighted by Crippen LogP contribution is 2.45. The molecule has 0 fully saturated rings. The number of carbonyl (C=O) groups excluding carboxylic acids is 1. The van der Waals surface area contributed by atoms with E-state index in [2.05, 4.69) is 5.32 Å². The number of benzene rings is 2. The number of nitrogens with one attached hydrogen (secondary N) is 1. The number of phenolic OH excluding ortho intramolecular Hbond substituents is 1. The number of carbonyl (C=O) groups is 1. The maximum Gasteiger partial charge on any atom is 0.322 e. The third-order valence-electron chi connectivity index (χ3n) is 4.29. The molecule has 2 aromatic carbocycles. The molecule has 0 aromatic heterocycles. The standard InChI is InChI=1S/C17H17ClN2O2/c1-3-20-16(22)19-14-10-15(21)13(18)9-12(14)17(20,2)11-7-5-4-6-8-11/h4-10,21H,3H2,1-2H3,(H,19,22)/t17-/m0/s1. The minimum Gasteiger partial charge on any atom is -0.506 e. The molecule has 0 saturated heterocycles. The van der Waals surface area contributed by atoms with Crippen molar-refractivity contribution in [2.75, 3.05) is 11.9 Å². The largest absolute Gasteiger partial charge is 0.506 e. The molecule has 0 aliphatic carbocycles. The fraction of sp³-hybridized carbons (Fsp3) is 0.235. The number of amides is 2. The molecule has 0 spiro atoms. The molecule has 2 N–H and O–H groups in total. The van der Waals surface area contributed by atoms with Gasteiger partial charge in [-0.3, -0.25) is 0 Å². The number of phenols is 1. The summed E-state index contributed by atoms with van der Waals surface area (Å²) in [7, 11) is 0. The summed E-state index contributed by atoms with van der Waals surface area (Å²) in [6, 6.07) is 12.9. The summed E-state index contributed by atoms with van der Waals surface area (Å²) in [6.07, 6.45) is 0. The van der Waals surface area contributed by atoms with Crippen LogP contribution in [0.5, 0.6) is 5.75 Å². The Balaban J connectivity index is 2.30. The van der Waals surface area contributed by atoms with Gasteiger partial charge in [0.05, 0.1) is 16.2 Å². The van der Waals surface area contributed by atoms with Crippen LogP contribution in [0.4, 0.5) is 10.5 Å². The lowest BCUT2D eigenvalue weighted by Gasteiger charge is -2.46. The third kappa shape index (κ3) is 2.03. The summed E-state index contributed by atoms with van der Waals surface area (Å²) in [6.45, 7) is 4.49. The molecule has 2 amide bonds. The zero-order valence-electron chi connectivity index (χ0n) is 12.4. The van der Waals surface area contributed by atoms with Gasteiger partial charge >= 0.3 is 6.03 Å². The van der Waals surface area contributed by atoms with Crippen LogP contribution in [-0.2, 0) is 5.54 Å². The first-order chi connectivity index (χ1) is 10.5. The SMILES string of the molecule is CCN1C(=O)Nc2cc(O)c(Cl)cc2[C@]1(C)c1ccccc1. The molecule has 0 saturated carbocycles. The van der Waals surface area contributed by atoms with Crippen LogP contribution in [0.3, 0.4) is 0 Å². The van der Waals surface area contributed by atoms with Crippen LogP contribution < -0.4 is 5.32 Å². The van der Waals surface area contributed by atoms with Crippen molar-refractivity contribution >= 4 is 23.3 Å². The minimum absolute atomic E-state index is 0.0407. The Labute approximate surface area is 134 Å². The molecule has 0 radical (unpaired) electrons. The Kier molecular flexibility index (Phi) is 3.49. The molecule has 1 aliphatic heterocycles. The molecule has 1 atom stereocenters.